The second-order valence-electron chi connectivity index (χ2n) is 0.346. The summed E-state index contributed by atoms with van der Waals surface area (Å²) in [5.74, 6) is 0. The first-order chi connectivity index (χ1) is 1.73. The fourth-order valence-corrected chi connectivity index (χ4v) is 0. The SMILES string of the molecule is OB(O)O.[CaH2].[MgH2].[Zn]. The molecule has 7 heteroatoms. The minimum atomic E-state index is -2.17. The van der Waals surface area contributed by atoms with Gasteiger partial charge in [-0.1, -0.05) is 0 Å². The molecule has 0 spiro atoms. The fraction of sp³-hybridized carbons (Fsp3) is 0. The standard InChI is InChI=1S/BH3O3.Ca.Mg.Zn.4H/c2-1(3)4;;;;;;;/h2-4H;;;;;;;. The van der Waals surface area contributed by atoms with Crippen molar-refractivity contribution in [2.24, 2.45) is 0 Å². The Bertz CT molecular complexity index is 19.7. The molecule has 0 aliphatic heterocycles. The van der Waals surface area contributed by atoms with Gasteiger partial charge in [-0.15, -0.1) is 0 Å². The molecule has 0 aromatic heterocycles. The van der Waals surface area contributed by atoms with Gasteiger partial charge < -0.3 is 15.1 Å². The van der Waals surface area contributed by atoms with E-state index in [0.29, 0.717) is 0 Å². The second-order valence-corrected chi connectivity index (χ2v) is 0.346. The molecule has 0 atom stereocenters. The van der Waals surface area contributed by atoms with Crippen molar-refractivity contribution in [1.82, 2.24) is 0 Å². The maximum Gasteiger partial charge on any atom is 0.316 e. The van der Waals surface area contributed by atoms with E-state index in [-0.39, 0.29) is 80.3 Å². The van der Waals surface area contributed by atoms with Crippen LogP contribution in [0, 0.1) is 0 Å². The van der Waals surface area contributed by atoms with Crippen molar-refractivity contribution >= 4 is 68.1 Å². The number of hydrogen-bond acceptors (Lipinski definition) is 3. The second kappa shape index (κ2) is 15.8. The zero-order valence-corrected chi connectivity index (χ0v) is 5.59. The van der Waals surface area contributed by atoms with Crippen molar-refractivity contribution in [3.63, 3.8) is 0 Å². The average Bonchev–Trinajstić information content (AvgIpc) is 0.811. The maximum atomic E-state index is 7.17. The summed E-state index contributed by atoms with van der Waals surface area (Å²) in [4.78, 5) is 0. The summed E-state index contributed by atoms with van der Waals surface area (Å²) in [6.45, 7) is 0. The predicted octanol–water partition coefficient (Wildman–Crippen LogP) is -3.89. The monoisotopic (exact) mass is 194 g/mol. The van der Waals surface area contributed by atoms with E-state index in [9.17, 15) is 0 Å². The molecule has 34 valence electrons. The molecule has 3 nitrogen and oxygen atoms in total. The van der Waals surface area contributed by atoms with Gasteiger partial charge in [0.05, 0.1) is 0 Å². The molecule has 0 saturated carbocycles. The van der Waals surface area contributed by atoms with E-state index < -0.39 is 7.32 Å². The molecule has 0 aliphatic rings. The van der Waals surface area contributed by atoms with E-state index in [4.69, 9.17) is 15.1 Å². The van der Waals surface area contributed by atoms with Crippen molar-refractivity contribution in [2.75, 3.05) is 0 Å². The Morgan fingerprint density at radius 2 is 1.00 bits per heavy atom. The third-order valence-corrected chi connectivity index (χ3v) is 0. The first-order valence-electron chi connectivity index (χ1n) is 0.775. The summed E-state index contributed by atoms with van der Waals surface area (Å²) in [6.07, 6.45) is 0. The van der Waals surface area contributed by atoms with Gasteiger partial charge in [0.1, 0.15) is 0 Å². The van der Waals surface area contributed by atoms with E-state index in [0.717, 1.165) is 0 Å². The Balaban J connectivity index is -0.0000000150. The molecule has 0 unspecified atom stereocenters. The van der Waals surface area contributed by atoms with Crippen LogP contribution in [0.25, 0.3) is 0 Å². The Kier molecular flexibility index (Phi) is 51.2. The summed E-state index contributed by atoms with van der Waals surface area (Å²) in [5.41, 5.74) is 0. The van der Waals surface area contributed by atoms with E-state index in [1.165, 1.54) is 0 Å². The smallest absolute Gasteiger partial charge is 0 e. The number of hydrogen-bond donors (Lipinski definition) is 3. The van der Waals surface area contributed by atoms with Gasteiger partial charge in [-0.3, -0.25) is 0 Å². The van der Waals surface area contributed by atoms with Gasteiger partial charge >= 0.3 is 68.1 Å². The Morgan fingerprint density at radius 3 is 1.00 bits per heavy atom. The van der Waals surface area contributed by atoms with Crippen molar-refractivity contribution in [3.05, 3.63) is 0 Å². The molecule has 0 aromatic carbocycles. The topological polar surface area (TPSA) is 60.7 Å². The van der Waals surface area contributed by atoms with Crippen LogP contribution in [0.4, 0.5) is 0 Å². The van der Waals surface area contributed by atoms with Crippen LogP contribution in [0.1, 0.15) is 0 Å². The van der Waals surface area contributed by atoms with E-state index in [1.54, 1.807) is 0 Å². The van der Waals surface area contributed by atoms with Crippen molar-refractivity contribution < 1.29 is 34.6 Å². The average molecular weight is 196 g/mol. The molecule has 3 N–H and O–H groups in total. The Morgan fingerprint density at radius 1 is 1.00 bits per heavy atom. The quantitative estimate of drug-likeness (QED) is 0.347. The van der Waals surface area contributed by atoms with Gasteiger partial charge in [0.2, 0.25) is 0 Å². The van der Waals surface area contributed by atoms with Crippen molar-refractivity contribution in [1.29, 1.82) is 0 Å². The normalized spacial score (nSPS) is 3.86. The van der Waals surface area contributed by atoms with Crippen LogP contribution in [-0.2, 0) is 19.5 Å². The summed E-state index contributed by atoms with van der Waals surface area (Å²) in [5, 5.41) is 21.5. The van der Waals surface area contributed by atoms with Gasteiger partial charge in [0.15, 0.2) is 0 Å². The summed E-state index contributed by atoms with van der Waals surface area (Å²) in [7, 11) is -2.17. The Labute approximate surface area is 101 Å². The van der Waals surface area contributed by atoms with Crippen LogP contribution in [0.3, 0.4) is 0 Å². The van der Waals surface area contributed by atoms with Gasteiger partial charge in [-0.25, -0.2) is 0 Å². The fourth-order valence-electron chi connectivity index (χ4n) is 0. The zero-order chi connectivity index (χ0) is 3.58. The predicted molar refractivity (Wildman–Crippen MR) is 29.5 cm³/mol. The summed E-state index contributed by atoms with van der Waals surface area (Å²) in [6, 6.07) is 0. The van der Waals surface area contributed by atoms with Crippen molar-refractivity contribution in [3.8, 4) is 0 Å². The molecule has 0 saturated heterocycles. The first-order valence-corrected chi connectivity index (χ1v) is 0.775. The van der Waals surface area contributed by atoms with Gasteiger partial charge in [-0.2, -0.15) is 0 Å². The van der Waals surface area contributed by atoms with Crippen molar-refractivity contribution in [2.45, 2.75) is 0 Å². The van der Waals surface area contributed by atoms with Gasteiger partial charge in [0, 0.05) is 19.5 Å². The molecule has 0 aromatic rings. The third-order valence-electron chi connectivity index (χ3n) is 0. The van der Waals surface area contributed by atoms with Crippen LogP contribution in [-0.4, -0.2) is 83.2 Å². The molecule has 0 bridgehead atoms. The van der Waals surface area contributed by atoms with Gasteiger partial charge in [-0.05, 0) is 0 Å². The summed E-state index contributed by atoms with van der Waals surface area (Å²) < 4.78 is 0. The summed E-state index contributed by atoms with van der Waals surface area (Å²) >= 11 is 0. The molecular formula is H7BCaMgO3Zn. The molecule has 0 rings (SSSR count). The zero-order valence-electron chi connectivity index (χ0n) is 2.63. The first kappa shape index (κ1) is 22.6. The Hall–Kier alpha value is 2.59. The minimum Gasteiger partial charge on any atom is 0 e. The van der Waals surface area contributed by atoms with Crippen LogP contribution >= 0.6 is 0 Å². The molecule has 0 radical (unpaired) electrons. The van der Waals surface area contributed by atoms with E-state index in [1.807, 2.05) is 0 Å². The third kappa shape index (κ3) is 55.5. The molecule has 0 heterocycles. The molecule has 0 fully saturated rings. The number of rotatable bonds is 0. The van der Waals surface area contributed by atoms with E-state index >= 15 is 0 Å². The van der Waals surface area contributed by atoms with E-state index in [2.05, 4.69) is 0 Å². The van der Waals surface area contributed by atoms with Crippen LogP contribution < -0.4 is 0 Å². The molecule has 0 amide bonds. The molecular weight excluding hydrogens is 189 g/mol. The van der Waals surface area contributed by atoms with Crippen LogP contribution in [0.5, 0.6) is 0 Å². The van der Waals surface area contributed by atoms with Crippen LogP contribution in [0.2, 0.25) is 0 Å². The largest absolute Gasteiger partial charge is 0.316 e. The minimum absolute atomic E-state index is 0. The van der Waals surface area contributed by atoms with Crippen LogP contribution in [0.15, 0.2) is 0 Å². The molecule has 0 aliphatic carbocycles. The maximum absolute atomic E-state index is 7.17. The van der Waals surface area contributed by atoms with Gasteiger partial charge in [0.25, 0.3) is 0 Å². The molecule has 7 heavy (non-hydrogen) atoms.